The predicted octanol–water partition coefficient (Wildman–Crippen LogP) is 7.51. The smallest absolute Gasteiger partial charge is 0.271 e. The number of hydrogen-bond acceptors (Lipinski definition) is 4. The molecule has 0 bridgehead atoms. The third kappa shape index (κ3) is 5.33. The van der Waals surface area contributed by atoms with Gasteiger partial charge >= 0.3 is 0 Å². The van der Waals surface area contributed by atoms with E-state index in [0.29, 0.717) is 5.56 Å². The minimum absolute atomic E-state index is 0.0754. The standard InChI is InChI=1S/C34H32N4O2S/c1-21-12-16-28(17-13-21)36-33(40)31-29-10-6-7-11-30(29)41-34(31)38-22(2)18-27(23(38)3)20-35-37-32(39)26-15-14-24-8-4-5-9-25(24)19-26/h4-5,8-9,12-20H,6-7,10-11H2,1-3H3,(H,36,40)(H,37,39)/b35-20+. The Morgan fingerprint density at radius 2 is 1.63 bits per heavy atom. The molecule has 1 aliphatic carbocycles. The highest BCUT2D eigenvalue weighted by Crippen LogP contribution is 2.39. The lowest BCUT2D eigenvalue weighted by molar-refractivity contribution is 0.0954. The Kier molecular flexibility index (Phi) is 7.28. The minimum Gasteiger partial charge on any atom is -0.322 e. The van der Waals surface area contributed by atoms with Crippen molar-refractivity contribution in [2.45, 2.75) is 46.5 Å². The van der Waals surface area contributed by atoms with Gasteiger partial charge in [-0.15, -0.1) is 11.3 Å². The van der Waals surface area contributed by atoms with Gasteiger partial charge in [0.15, 0.2) is 0 Å². The van der Waals surface area contributed by atoms with Crippen LogP contribution in [0, 0.1) is 20.8 Å². The van der Waals surface area contributed by atoms with Crippen LogP contribution in [0.4, 0.5) is 5.69 Å². The van der Waals surface area contributed by atoms with Gasteiger partial charge in [0.25, 0.3) is 11.8 Å². The van der Waals surface area contributed by atoms with Crippen molar-refractivity contribution in [3.8, 4) is 5.00 Å². The Morgan fingerprint density at radius 3 is 2.44 bits per heavy atom. The Balaban J connectivity index is 1.28. The minimum atomic E-state index is -0.262. The van der Waals surface area contributed by atoms with E-state index < -0.39 is 0 Å². The van der Waals surface area contributed by atoms with Gasteiger partial charge in [0, 0.05) is 33.1 Å². The van der Waals surface area contributed by atoms with E-state index in [1.165, 1.54) is 10.4 Å². The summed E-state index contributed by atoms with van der Waals surface area (Å²) in [5, 5.41) is 10.4. The lowest BCUT2D eigenvalue weighted by Gasteiger charge is -2.14. The van der Waals surface area contributed by atoms with Crippen molar-refractivity contribution in [3.05, 3.63) is 117 Å². The van der Waals surface area contributed by atoms with Crippen LogP contribution in [0.25, 0.3) is 15.8 Å². The molecule has 41 heavy (non-hydrogen) atoms. The Hall–Kier alpha value is -4.49. The first kappa shape index (κ1) is 26.7. The van der Waals surface area contributed by atoms with E-state index in [0.717, 1.165) is 75.2 Å². The van der Waals surface area contributed by atoms with E-state index in [9.17, 15) is 9.59 Å². The third-order valence-corrected chi connectivity index (χ3v) is 9.02. The maximum absolute atomic E-state index is 13.7. The van der Waals surface area contributed by atoms with Gasteiger partial charge in [-0.25, -0.2) is 5.43 Å². The van der Waals surface area contributed by atoms with Crippen LogP contribution >= 0.6 is 11.3 Å². The molecule has 6 nitrogen and oxygen atoms in total. The van der Waals surface area contributed by atoms with Crippen LogP contribution < -0.4 is 10.7 Å². The molecule has 0 fully saturated rings. The molecule has 0 spiro atoms. The molecule has 0 atom stereocenters. The van der Waals surface area contributed by atoms with Crippen molar-refractivity contribution in [2.75, 3.05) is 5.32 Å². The number of nitrogens with zero attached hydrogens (tertiary/aromatic N) is 2. The second-order valence-corrected chi connectivity index (χ2v) is 11.7. The summed E-state index contributed by atoms with van der Waals surface area (Å²) in [7, 11) is 0. The monoisotopic (exact) mass is 560 g/mol. The molecule has 2 aromatic heterocycles. The number of anilines is 1. The predicted molar refractivity (Wildman–Crippen MR) is 168 cm³/mol. The molecule has 5 aromatic rings. The Bertz CT molecular complexity index is 1810. The Morgan fingerprint density at radius 1 is 0.878 bits per heavy atom. The van der Waals surface area contributed by atoms with Crippen LogP contribution in [-0.2, 0) is 12.8 Å². The van der Waals surface area contributed by atoms with E-state index in [2.05, 4.69) is 20.4 Å². The largest absolute Gasteiger partial charge is 0.322 e. The number of rotatable bonds is 6. The molecule has 0 aliphatic heterocycles. The molecule has 2 N–H and O–H groups in total. The number of fused-ring (bicyclic) bond motifs is 2. The summed E-state index contributed by atoms with van der Waals surface area (Å²) in [5.74, 6) is -0.338. The van der Waals surface area contributed by atoms with Gasteiger partial charge in [-0.2, -0.15) is 5.10 Å². The SMILES string of the molecule is Cc1ccc(NC(=O)c2c(-n3c(C)cc(/C=N/NC(=O)c4ccc5ccccc5c4)c3C)sc3c2CCCC3)cc1. The van der Waals surface area contributed by atoms with Gasteiger partial charge in [0.05, 0.1) is 11.8 Å². The van der Waals surface area contributed by atoms with Gasteiger partial charge in [-0.05, 0) is 93.1 Å². The number of carbonyl (C=O) groups is 2. The molecule has 2 heterocycles. The first-order chi connectivity index (χ1) is 19.9. The van der Waals surface area contributed by atoms with Gasteiger partial charge in [0.1, 0.15) is 5.00 Å². The number of benzene rings is 3. The lowest BCUT2D eigenvalue weighted by atomic mass is 9.95. The van der Waals surface area contributed by atoms with Crippen LogP contribution in [-0.4, -0.2) is 22.6 Å². The molecule has 0 saturated heterocycles. The molecule has 3 aromatic carbocycles. The fraction of sp³-hybridized carbons (Fsp3) is 0.206. The van der Waals surface area contributed by atoms with E-state index >= 15 is 0 Å². The van der Waals surface area contributed by atoms with Crippen LogP contribution in [0.15, 0.2) is 77.9 Å². The average molecular weight is 561 g/mol. The molecule has 0 radical (unpaired) electrons. The summed E-state index contributed by atoms with van der Waals surface area (Å²) in [6.45, 7) is 6.10. The first-order valence-corrected chi connectivity index (χ1v) is 14.7. The topological polar surface area (TPSA) is 75.5 Å². The van der Waals surface area contributed by atoms with Crippen molar-refractivity contribution in [1.82, 2.24) is 9.99 Å². The molecule has 0 unspecified atom stereocenters. The summed E-state index contributed by atoms with van der Waals surface area (Å²) < 4.78 is 2.15. The summed E-state index contributed by atoms with van der Waals surface area (Å²) in [5.41, 5.74) is 9.96. The maximum Gasteiger partial charge on any atom is 0.271 e. The molecular weight excluding hydrogens is 528 g/mol. The van der Waals surface area contributed by atoms with Gasteiger partial charge in [-0.3, -0.25) is 9.59 Å². The van der Waals surface area contributed by atoms with Gasteiger partial charge in [0.2, 0.25) is 0 Å². The molecule has 206 valence electrons. The zero-order valence-corrected chi connectivity index (χ0v) is 24.3. The first-order valence-electron chi connectivity index (χ1n) is 13.9. The van der Waals surface area contributed by atoms with Gasteiger partial charge < -0.3 is 9.88 Å². The number of carbonyl (C=O) groups excluding carboxylic acids is 2. The molecule has 2 amide bonds. The van der Waals surface area contributed by atoms with Crippen LogP contribution in [0.1, 0.15) is 66.5 Å². The number of aryl methyl sites for hydroxylation is 3. The fourth-order valence-corrected chi connectivity index (χ4v) is 7.06. The maximum atomic E-state index is 13.7. The fourth-order valence-electron chi connectivity index (χ4n) is 5.56. The Labute approximate surface area is 243 Å². The lowest BCUT2D eigenvalue weighted by Crippen LogP contribution is -2.17. The van der Waals surface area contributed by atoms with Crippen LogP contribution in [0.5, 0.6) is 0 Å². The highest BCUT2D eigenvalue weighted by Gasteiger charge is 2.28. The number of amides is 2. The van der Waals surface area contributed by atoms with Gasteiger partial charge in [-0.1, -0.05) is 48.0 Å². The summed E-state index contributed by atoms with van der Waals surface area (Å²) in [6, 6.07) is 23.5. The average Bonchev–Trinajstić information content (AvgIpc) is 3.49. The summed E-state index contributed by atoms with van der Waals surface area (Å²) in [6.07, 6.45) is 5.82. The van der Waals surface area contributed by atoms with E-state index in [1.54, 1.807) is 23.6 Å². The molecule has 6 rings (SSSR count). The van der Waals surface area contributed by atoms with Crippen LogP contribution in [0.2, 0.25) is 0 Å². The van der Waals surface area contributed by atoms with Crippen molar-refractivity contribution in [3.63, 3.8) is 0 Å². The summed E-state index contributed by atoms with van der Waals surface area (Å²) in [4.78, 5) is 27.8. The number of hydrogen-bond donors (Lipinski definition) is 2. The molecule has 7 heteroatoms. The molecule has 1 aliphatic rings. The second-order valence-electron chi connectivity index (χ2n) is 10.6. The van der Waals surface area contributed by atoms with E-state index in [-0.39, 0.29) is 11.8 Å². The van der Waals surface area contributed by atoms with Crippen molar-refractivity contribution >= 4 is 45.8 Å². The van der Waals surface area contributed by atoms with Crippen molar-refractivity contribution < 1.29 is 9.59 Å². The molecular formula is C34H32N4O2S. The highest BCUT2D eigenvalue weighted by atomic mass is 32.1. The molecule has 0 saturated carbocycles. The highest BCUT2D eigenvalue weighted by molar-refractivity contribution is 7.15. The number of hydrazone groups is 1. The zero-order chi connectivity index (χ0) is 28.5. The third-order valence-electron chi connectivity index (χ3n) is 7.74. The van der Waals surface area contributed by atoms with E-state index in [4.69, 9.17) is 0 Å². The normalized spacial score (nSPS) is 13.0. The number of thiophene rings is 1. The summed E-state index contributed by atoms with van der Waals surface area (Å²) >= 11 is 1.71. The zero-order valence-electron chi connectivity index (χ0n) is 23.5. The van der Waals surface area contributed by atoms with Crippen molar-refractivity contribution in [2.24, 2.45) is 5.10 Å². The second kappa shape index (κ2) is 11.2. The van der Waals surface area contributed by atoms with E-state index in [1.807, 2.05) is 87.5 Å². The van der Waals surface area contributed by atoms with Crippen molar-refractivity contribution in [1.29, 1.82) is 0 Å². The quantitative estimate of drug-likeness (QED) is 0.167. The van der Waals surface area contributed by atoms with Crippen LogP contribution in [0.3, 0.4) is 0 Å². The number of aromatic nitrogens is 1. The number of nitrogens with one attached hydrogen (secondary N) is 2.